The van der Waals surface area contributed by atoms with Crippen LogP contribution in [0.25, 0.3) is 6.08 Å². The van der Waals surface area contributed by atoms with Gasteiger partial charge in [0.15, 0.2) is 11.6 Å². The molecule has 2 aromatic rings. The standard InChI is InChI=1S/C31H36O8.C30H36O8.CH4/c1-17-20-11-12-21-29-16-37-31(36,26(35)24(29)28(3,4)15-14-22(29)38-18(2)32)30(21,25(17)34)27(20)39-23(33)13-10-19-8-6-5-7-9-19;1-15-6-8-18(9-7-15)26(34)38-25-19-10-11-20-28-14-36-30(35,29(20,25)23(32)16(19)2)24(33)22(28)27(4,5)13-12-21(28)37-17(3)31;/h5-10,13,20-22,24,26-27,35-36H,1,11-12,14-16H2,2-4H3;6-9,19-22,24-25,33,35H,2,10-14H2,1,3-5H3;1H4/b13-10+;;/t20-,21-,22?,24+,26-,27+,29+,30-,31-;19-,20-,21?,22+,24-,25+,28+,29-,30-;/m00./s1. The molecule has 12 fully saturated rings. The normalized spacial score (nSPS) is 43.4. The van der Waals surface area contributed by atoms with E-state index in [0.717, 1.165) is 11.1 Å². The van der Waals surface area contributed by atoms with Crippen molar-refractivity contribution in [1.29, 1.82) is 0 Å². The van der Waals surface area contributed by atoms with Crippen LogP contribution < -0.4 is 0 Å². The van der Waals surface area contributed by atoms with Crippen molar-refractivity contribution in [1.82, 2.24) is 0 Å². The van der Waals surface area contributed by atoms with Gasteiger partial charge >= 0.3 is 23.9 Å². The number of ketones is 2. The largest absolute Gasteiger partial charge is 0.462 e. The number of aliphatic hydroxyl groups is 4. The number of carbonyl (C=O) groups excluding carboxylic acids is 6. The maximum atomic E-state index is 14.3. The Kier molecular flexibility index (Phi) is 13.3. The Morgan fingerprint density at radius 3 is 1.50 bits per heavy atom. The maximum Gasteiger partial charge on any atom is 0.338 e. The number of ether oxygens (including phenoxy) is 6. The van der Waals surface area contributed by atoms with E-state index in [1.54, 1.807) is 30.3 Å². The number of hydrogen-bond acceptors (Lipinski definition) is 16. The summed E-state index contributed by atoms with van der Waals surface area (Å²) in [5.74, 6) is -10.8. The molecule has 12 aliphatic rings. The van der Waals surface area contributed by atoms with Crippen LogP contribution in [0.2, 0.25) is 0 Å². The van der Waals surface area contributed by atoms with Crippen LogP contribution in [-0.4, -0.2) is 117 Å². The summed E-state index contributed by atoms with van der Waals surface area (Å²) >= 11 is 0. The van der Waals surface area contributed by atoms with Crippen LogP contribution in [0.3, 0.4) is 0 Å². The topological polar surface area (TPSA) is 239 Å². The van der Waals surface area contributed by atoms with Gasteiger partial charge in [-0.2, -0.15) is 0 Å². The van der Waals surface area contributed by atoms with E-state index in [4.69, 9.17) is 28.4 Å². The summed E-state index contributed by atoms with van der Waals surface area (Å²) in [6, 6.07) is 16.2. The lowest BCUT2D eigenvalue weighted by Crippen LogP contribution is -2.86. The smallest absolute Gasteiger partial charge is 0.338 e. The number of Topliss-reactive ketones (excluding diaryl/α,β-unsaturated/α-hetero) is 2. The highest BCUT2D eigenvalue weighted by Crippen LogP contribution is 2.79. The minimum absolute atomic E-state index is 0. The van der Waals surface area contributed by atoms with Crippen LogP contribution in [0.4, 0.5) is 0 Å². The number of esters is 4. The summed E-state index contributed by atoms with van der Waals surface area (Å²) in [7, 11) is 0. The number of hydrogen-bond donors (Lipinski definition) is 4. The second-order valence-corrected chi connectivity index (χ2v) is 25.5. The lowest BCUT2D eigenvalue weighted by Gasteiger charge is -2.74. The Morgan fingerprint density at radius 2 is 1.06 bits per heavy atom. The maximum absolute atomic E-state index is 14.3. The van der Waals surface area contributed by atoms with Crippen LogP contribution in [0, 0.1) is 74.9 Å². The third kappa shape index (κ3) is 7.10. The highest BCUT2D eigenvalue weighted by atomic mass is 16.7. The minimum atomic E-state index is -2.29. The number of benzene rings is 2. The summed E-state index contributed by atoms with van der Waals surface area (Å²) in [6.45, 7) is 21.0. The lowest BCUT2D eigenvalue weighted by molar-refractivity contribution is -0.458. The molecule has 0 radical (unpaired) electrons. The van der Waals surface area contributed by atoms with E-state index in [-0.39, 0.29) is 31.8 Å². The lowest BCUT2D eigenvalue weighted by atomic mass is 9.35. The predicted molar refractivity (Wildman–Crippen MR) is 281 cm³/mol. The molecule has 8 aliphatic carbocycles. The fourth-order valence-corrected chi connectivity index (χ4v) is 18.5. The molecule has 16 heteroatoms. The molecular formula is C62H76O16. The summed E-state index contributed by atoms with van der Waals surface area (Å²) in [5, 5.41) is 48.6. The number of aliphatic hydroxyl groups excluding tert-OH is 2. The second-order valence-electron chi connectivity index (χ2n) is 25.5. The molecule has 8 saturated carbocycles. The van der Waals surface area contributed by atoms with Gasteiger partial charge in [-0.25, -0.2) is 9.59 Å². The van der Waals surface area contributed by atoms with Gasteiger partial charge in [0.25, 0.3) is 0 Å². The molecule has 4 saturated heterocycles. The average Bonchev–Trinajstić information content (AvgIpc) is 1.51. The van der Waals surface area contributed by atoms with Gasteiger partial charge in [-0.15, -0.1) is 0 Å². The Balaban J connectivity index is 0.000000174. The SMILES string of the molecule is C.C=C1C(=O)[C@]23[C@H](OC(=O)/C=C/c4ccccc4)[C@H]1CC[C@H]2[C@@]12CO[C@@]3(O)[C@@H](O)[C@@H]1C(C)(C)CCC2OC(C)=O.C=C1C(=O)[C@]23[C@H](OC(=O)c4ccc(C)cc4)[C@H]1CC[C@H]2[C@@]12CO[C@@]3(O)[C@@H](O)[C@@H]1C(C)(C)CCC2OC(C)=O. The molecule has 4 heterocycles. The first-order valence-corrected chi connectivity index (χ1v) is 27.3. The number of carbonyl (C=O) groups is 6. The van der Waals surface area contributed by atoms with Crippen LogP contribution in [0.5, 0.6) is 0 Å². The molecule has 2 aromatic carbocycles. The third-order valence-electron chi connectivity index (χ3n) is 21.2. The summed E-state index contributed by atoms with van der Waals surface area (Å²) in [4.78, 5) is 79.6. The molecular weight excluding hydrogens is 1000 g/mol. The van der Waals surface area contributed by atoms with E-state index < -0.39 is 152 Å². The van der Waals surface area contributed by atoms with Crippen molar-refractivity contribution in [3.05, 3.63) is 102 Å². The molecule has 0 aromatic heterocycles. The van der Waals surface area contributed by atoms with Crippen LogP contribution in [-0.2, 0) is 52.4 Å². The predicted octanol–water partition coefficient (Wildman–Crippen LogP) is 6.97. The number of rotatable bonds is 7. The van der Waals surface area contributed by atoms with Crippen molar-refractivity contribution in [2.24, 2.45) is 68.0 Å². The quantitative estimate of drug-likeness (QED) is 0.124. The van der Waals surface area contributed by atoms with E-state index in [2.05, 4.69) is 13.2 Å². The molecule has 0 amide bonds. The first kappa shape index (κ1) is 55.9. The van der Waals surface area contributed by atoms with Crippen molar-refractivity contribution >= 4 is 41.5 Å². The highest BCUT2D eigenvalue weighted by Gasteiger charge is 2.90. The fraction of sp³-hybridized carbons (Fsp3) is 0.613. The molecule has 8 bridgehead atoms. The summed E-state index contributed by atoms with van der Waals surface area (Å²) in [6.07, 6.45) is 1.09. The van der Waals surface area contributed by atoms with Crippen LogP contribution >= 0.6 is 0 Å². The van der Waals surface area contributed by atoms with Gasteiger partial charge in [0.2, 0.25) is 11.6 Å². The zero-order valence-electron chi connectivity index (χ0n) is 45.0. The summed E-state index contributed by atoms with van der Waals surface area (Å²) in [5.41, 5.74) is -3.62. The molecule has 4 N–H and O–H groups in total. The van der Waals surface area contributed by atoms with Crippen molar-refractivity contribution in [3.8, 4) is 0 Å². The molecule has 14 rings (SSSR count). The molecule has 78 heavy (non-hydrogen) atoms. The Hall–Kier alpha value is -5.36. The van der Waals surface area contributed by atoms with Crippen molar-refractivity contribution in [2.75, 3.05) is 13.2 Å². The van der Waals surface area contributed by atoms with Crippen LogP contribution in [0.1, 0.15) is 122 Å². The second kappa shape index (κ2) is 18.6. The molecule has 16 nitrogen and oxygen atoms in total. The average molecular weight is 1080 g/mol. The van der Waals surface area contributed by atoms with Gasteiger partial charge in [0.05, 0.1) is 18.8 Å². The molecule has 18 atom stereocenters. The van der Waals surface area contributed by atoms with Crippen molar-refractivity contribution in [2.45, 2.75) is 155 Å². The van der Waals surface area contributed by atoms with Crippen molar-refractivity contribution in [3.63, 3.8) is 0 Å². The number of fused-ring (bicyclic) bond motifs is 4. The highest BCUT2D eigenvalue weighted by molar-refractivity contribution is 6.06. The van der Waals surface area contributed by atoms with Crippen molar-refractivity contribution < 1.29 is 77.6 Å². The molecule has 4 aliphatic heterocycles. The monoisotopic (exact) mass is 1080 g/mol. The fourth-order valence-electron chi connectivity index (χ4n) is 18.5. The Labute approximate surface area is 455 Å². The Morgan fingerprint density at radius 1 is 0.628 bits per heavy atom. The zero-order chi connectivity index (χ0) is 55.4. The van der Waals surface area contributed by atoms with E-state index in [0.29, 0.717) is 56.9 Å². The van der Waals surface area contributed by atoms with Gasteiger partial charge < -0.3 is 48.8 Å². The molecule has 2 unspecified atom stereocenters. The first-order valence-electron chi connectivity index (χ1n) is 27.3. The number of aryl methyl sites for hydroxylation is 1. The van der Waals surface area contributed by atoms with E-state index >= 15 is 0 Å². The molecule has 4 spiro atoms. The van der Waals surface area contributed by atoms with Gasteiger partial charge in [0.1, 0.15) is 47.5 Å². The first-order chi connectivity index (χ1) is 36.2. The van der Waals surface area contributed by atoms with E-state index in [1.807, 2.05) is 65.0 Å². The van der Waals surface area contributed by atoms with Gasteiger partial charge in [-0.1, -0.05) is 96.3 Å². The Bertz CT molecular complexity index is 2890. The van der Waals surface area contributed by atoms with Crippen LogP contribution in [0.15, 0.2) is 85.0 Å². The van der Waals surface area contributed by atoms with E-state index in [1.165, 1.54) is 19.9 Å². The minimum Gasteiger partial charge on any atom is -0.462 e. The van der Waals surface area contributed by atoms with Gasteiger partial charge in [-0.3, -0.25) is 19.2 Å². The van der Waals surface area contributed by atoms with Gasteiger partial charge in [-0.05, 0) is 116 Å². The third-order valence-corrected chi connectivity index (χ3v) is 21.2. The summed E-state index contributed by atoms with van der Waals surface area (Å²) < 4.78 is 36.3. The van der Waals surface area contributed by atoms with E-state index in [9.17, 15) is 49.2 Å². The molecule has 420 valence electrons. The zero-order valence-corrected chi connectivity index (χ0v) is 45.0. The van der Waals surface area contributed by atoms with Gasteiger partial charge in [0, 0.05) is 54.4 Å².